The first kappa shape index (κ1) is 16.4. The summed E-state index contributed by atoms with van der Waals surface area (Å²) in [7, 11) is 3.80. The van der Waals surface area contributed by atoms with Crippen LogP contribution in [0.1, 0.15) is 32.6 Å². The number of likely N-dealkylation sites (N-methyl/N-ethyl adjacent to an activating group) is 1. The van der Waals surface area contributed by atoms with Crippen LogP contribution in [0.3, 0.4) is 0 Å². The van der Waals surface area contributed by atoms with Gasteiger partial charge in [0.15, 0.2) is 0 Å². The molecule has 1 heterocycles. The lowest BCUT2D eigenvalue weighted by atomic mass is 9.85. The molecule has 1 saturated carbocycles. The maximum atomic E-state index is 12.3. The minimum Gasteiger partial charge on any atom is -0.465 e. The van der Waals surface area contributed by atoms with E-state index in [1.165, 1.54) is 4.90 Å². The lowest BCUT2D eigenvalue weighted by Gasteiger charge is -2.32. The molecule has 0 amide bonds. The van der Waals surface area contributed by atoms with Crippen LogP contribution in [0.2, 0.25) is 0 Å². The van der Waals surface area contributed by atoms with Gasteiger partial charge in [0.05, 0.1) is 12.8 Å². The number of aromatic nitrogens is 2. The number of ether oxygens (including phenoxy) is 1. The Hall–Kier alpha value is -1.01. The van der Waals surface area contributed by atoms with Gasteiger partial charge in [0.2, 0.25) is 0 Å². The predicted molar refractivity (Wildman–Crippen MR) is 84.3 cm³/mol. The Bertz CT molecular complexity index is 477. The number of aryl methyl sites for hydroxylation is 1. The molecule has 0 spiro atoms. The standard InChI is InChI=1S/C15H25N3O2S/c1-4-20-14(19)15(16-2)8-5-6-12(15)7-9-21-13-10-17-18(3)11-13/h10-12,16H,4-9H2,1-3H3. The average Bonchev–Trinajstić information content (AvgIpc) is 3.06. The molecule has 5 nitrogen and oxygen atoms in total. The van der Waals surface area contributed by atoms with Gasteiger partial charge in [0, 0.05) is 18.1 Å². The number of esters is 1. The zero-order chi connectivity index (χ0) is 15.3. The molecule has 21 heavy (non-hydrogen) atoms. The van der Waals surface area contributed by atoms with Gasteiger partial charge in [-0.2, -0.15) is 5.10 Å². The van der Waals surface area contributed by atoms with Gasteiger partial charge in [-0.15, -0.1) is 11.8 Å². The van der Waals surface area contributed by atoms with Gasteiger partial charge in [0.1, 0.15) is 5.54 Å². The number of carbonyl (C=O) groups excluding carboxylic acids is 1. The normalized spacial score (nSPS) is 25.2. The van der Waals surface area contributed by atoms with Gasteiger partial charge in [-0.25, -0.2) is 0 Å². The number of nitrogens with one attached hydrogen (secondary N) is 1. The first-order valence-electron chi connectivity index (χ1n) is 7.60. The van der Waals surface area contributed by atoms with Crippen molar-refractivity contribution < 1.29 is 9.53 Å². The first-order valence-corrected chi connectivity index (χ1v) is 8.58. The third-order valence-electron chi connectivity index (χ3n) is 4.32. The molecule has 2 atom stereocenters. The van der Waals surface area contributed by atoms with Gasteiger partial charge >= 0.3 is 5.97 Å². The minimum atomic E-state index is -0.481. The van der Waals surface area contributed by atoms with E-state index in [4.69, 9.17) is 4.74 Å². The van der Waals surface area contributed by atoms with Gasteiger partial charge in [-0.05, 0) is 44.9 Å². The Kier molecular flexibility index (Phi) is 5.70. The Labute approximate surface area is 130 Å². The summed E-state index contributed by atoms with van der Waals surface area (Å²) in [5.74, 6) is 1.27. The van der Waals surface area contributed by atoms with E-state index in [0.29, 0.717) is 12.5 Å². The monoisotopic (exact) mass is 311 g/mol. The smallest absolute Gasteiger partial charge is 0.326 e. The number of thioether (sulfide) groups is 1. The molecule has 1 aromatic rings. The number of nitrogens with zero attached hydrogens (tertiary/aromatic N) is 2. The highest BCUT2D eigenvalue weighted by molar-refractivity contribution is 7.99. The second-order valence-electron chi connectivity index (χ2n) is 5.52. The van der Waals surface area contributed by atoms with Gasteiger partial charge in [0.25, 0.3) is 0 Å². The number of hydrogen-bond donors (Lipinski definition) is 1. The third kappa shape index (κ3) is 3.61. The largest absolute Gasteiger partial charge is 0.465 e. The third-order valence-corrected chi connectivity index (χ3v) is 5.31. The topological polar surface area (TPSA) is 56.1 Å². The Balaban J connectivity index is 1.92. The predicted octanol–water partition coefficient (Wildman–Crippen LogP) is 2.22. The zero-order valence-corrected chi connectivity index (χ0v) is 13.9. The van der Waals surface area contributed by atoms with Crippen molar-refractivity contribution in [1.82, 2.24) is 15.1 Å². The lowest BCUT2D eigenvalue weighted by molar-refractivity contribution is -0.152. The molecule has 1 N–H and O–H groups in total. The molecular weight excluding hydrogens is 286 g/mol. The summed E-state index contributed by atoms with van der Waals surface area (Å²) in [4.78, 5) is 13.5. The summed E-state index contributed by atoms with van der Waals surface area (Å²) in [5, 5.41) is 7.44. The van der Waals surface area contributed by atoms with E-state index < -0.39 is 5.54 Å². The molecule has 0 bridgehead atoms. The Morgan fingerprint density at radius 2 is 2.48 bits per heavy atom. The molecule has 1 aliphatic rings. The molecule has 118 valence electrons. The molecule has 1 aromatic heterocycles. The van der Waals surface area contributed by atoms with Crippen molar-refractivity contribution in [2.45, 2.75) is 43.0 Å². The highest BCUT2D eigenvalue weighted by Gasteiger charge is 2.48. The maximum absolute atomic E-state index is 12.3. The lowest BCUT2D eigenvalue weighted by Crippen LogP contribution is -2.54. The quantitative estimate of drug-likeness (QED) is 0.618. The van der Waals surface area contributed by atoms with Crippen LogP contribution in [0.5, 0.6) is 0 Å². The fourth-order valence-corrected chi connectivity index (χ4v) is 4.21. The van der Waals surface area contributed by atoms with Crippen LogP contribution in [0.4, 0.5) is 0 Å². The molecule has 1 aliphatic carbocycles. The molecule has 0 saturated heterocycles. The summed E-state index contributed by atoms with van der Waals surface area (Å²) in [6.45, 7) is 2.31. The van der Waals surface area contributed by atoms with E-state index in [2.05, 4.69) is 10.4 Å². The molecule has 1 fully saturated rings. The van der Waals surface area contributed by atoms with E-state index in [-0.39, 0.29) is 5.97 Å². The summed E-state index contributed by atoms with van der Waals surface area (Å²) < 4.78 is 7.11. The van der Waals surface area contributed by atoms with Crippen molar-refractivity contribution in [1.29, 1.82) is 0 Å². The van der Waals surface area contributed by atoms with Gasteiger partial charge in [-0.3, -0.25) is 9.48 Å². The zero-order valence-electron chi connectivity index (χ0n) is 13.1. The van der Waals surface area contributed by atoms with Crippen LogP contribution in [0.25, 0.3) is 0 Å². The molecule has 0 aliphatic heterocycles. The van der Waals surface area contributed by atoms with Crippen molar-refractivity contribution >= 4 is 17.7 Å². The number of carbonyl (C=O) groups is 1. The van der Waals surface area contributed by atoms with E-state index in [0.717, 1.165) is 31.4 Å². The van der Waals surface area contributed by atoms with Crippen LogP contribution < -0.4 is 5.32 Å². The van der Waals surface area contributed by atoms with Crippen LogP contribution in [-0.4, -0.2) is 40.7 Å². The molecule has 0 aromatic carbocycles. The minimum absolute atomic E-state index is 0.0821. The number of rotatable bonds is 7. The van der Waals surface area contributed by atoms with Crippen LogP contribution >= 0.6 is 11.8 Å². The van der Waals surface area contributed by atoms with Crippen molar-refractivity contribution in [2.75, 3.05) is 19.4 Å². The second-order valence-corrected chi connectivity index (χ2v) is 6.69. The molecule has 6 heteroatoms. The van der Waals surface area contributed by atoms with Crippen molar-refractivity contribution in [3.63, 3.8) is 0 Å². The van der Waals surface area contributed by atoms with Crippen molar-refractivity contribution in [3.8, 4) is 0 Å². The Morgan fingerprint density at radius 3 is 3.10 bits per heavy atom. The van der Waals surface area contributed by atoms with E-state index in [9.17, 15) is 4.79 Å². The van der Waals surface area contributed by atoms with Crippen LogP contribution in [-0.2, 0) is 16.6 Å². The molecular formula is C15H25N3O2S. The maximum Gasteiger partial charge on any atom is 0.326 e. The first-order chi connectivity index (χ1) is 10.1. The second kappa shape index (κ2) is 7.31. The van der Waals surface area contributed by atoms with E-state index in [1.54, 1.807) is 11.8 Å². The fraction of sp³-hybridized carbons (Fsp3) is 0.733. The van der Waals surface area contributed by atoms with Crippen molar-refractivity contribution in [2.24, 2.45) is 13.0 Å². The van der Waals surface area contributed by atoms with Gasteiger partial charge in [-0.1, -0.05) is 6.42 Å². The van der Waals surface area contributed by atoms with Crippen molar-refractivity contribution in [3.05, 3.63) is 12.4 Å². The average molecular weight is 311 g/mol. The Morgan fingerprint density at radius 1 is 1.67 bits per heavy atom. The molecule has 0 radical (unpaired) electrons. The highest BCUT2D eigenvalue weighted by Crippen LogP contribution is 2.39. The SMILES string of the molecule is CCOC(=O)C1(NC)CCCC1CCSc1cnn(C)c1. The van der Waals surface area contributed by atoms with E-state index >= 15 is 0 Å². The summed E-state index contributed by atoms with van der Waals surface area (Å²) >= 11 is 1.80. The summed E-state index contributed by atoms with van der Waals surface area (Å²) in [6.07, 6.45) is 7.98. The van der Waals surface area contributed by atoms with Crippen LogP contribution in [0, 0.1) is 5.92 Å². The highest BCUT2D eigenvalue weighted by atomic mass is 32.2. The van der Waals surface area contributed by atoms with E-state index in [1.807, 2.05) is 38.1 Å². The fourth-order valence-electron chi connectivity index (χ4n) is 3.22. The van der Waals surface area contributed by atoms with Crippen LogP contribution in [0.15, 0.2) is 17.3 Å². The summed E-state index contributed by atoms with van der Waals surface area (Å²) in [5.41, 5.74) is -0.481. The molecule has 2 rings (SSSR count). The molecule has 2 unspecified atom stereocenters. The van der Waals surface area contributed by atoms with Gasteiger partial charge < -0.3 is 10.1 Å². The summed E-state index contributed by atoms with van der Waals surface area (Å²) in [6, 6.07) is 0. The number of hydrogen-bond acceptors (Lipinski definition) is 5.